The molecule has 0 bridgehead atoms. The van der Waals surface area contributed by atoms with E-state index in [-0.39, 0.29) is 12.0 Å². The molecule has 0 saturated heterocycles. The molecule has 0 saturated carbocycles. The molecule has 94 valence electrons. The van der Waals surface area contributed by atoms with E-state index in [4.69, 9.17) is 16.3 Å². The van der Waals surface area contributed by atoms with Crippen LogP contribution >= 0.6 is 11.6 Å². The second-order valence-electron chi connectivity index (χ2n) is 3.65. The van der Waals surface area contributed by atoms with E-state index in [2.05, 4.69) is 0 Å². The first kappa shape index (κ1) is 13.6. The maximum Gasteiger partial charge on any atom is 0.325 e. The molecule has 1 aromatic carbocycles. The van der Waals surface area contributed by atoms with Gasteiger partial charge in [-0.25, -0.2) is 4.79 Å². The Kier molecular flexibility index (Phi) is 5.10. The van der Waals surface area contributed by atoms with Crippen LogP contribution in [0.3, 0.4) is 0 Å². The summed E-state index contributed by atoms with van der Waals surface area (Å²) in [5.41, 5.74) is 0.752. The second-order valence-corrected chi connectivity index (χ2v) is 3.89. The highest BCUT2D eigenvalue weighted by molar-refractivity contribution is 6.21. The van der Waals surface area contributed by atoms with Gasteiger partial charge < -0.3 is 9.64 Å². The van der Waals surface area contributed by atoms with Crippen LogP contribution in [0.4, 0.5) is 10.5 Å². The van der Waals surface area contributed by atoms with Crippen molar-refractivity contribution < 1.29 is 9.53 Å². The highest BCUT2D eigenvalue weighted by Gasteiger charge is 2.16. The fourth-order valence-corrected chi connectivity index (χ4v) is 1.60. The van der Waals surface area contributed by atoms with Crippen LogP contribution in [-0.4, -0.2) is 37.6 Å². The maximum absolute atomic E-state index is 11.8. The van der Waals surface area contributed by atoms with Crippen molar-refractivity contribution in [1.29, 1.82) is 0 Å². The van der Waals surface area contributed by atoms with Crippen LogP contribution in [0.1, 0.15) is 6.92 Å². The summed E-state index contributed by atoms with van der Waals surface area (Å²) in [5, 5.41) is 0. The Labute approximate surface area is 107 Å². The topological polar surface area (TPSA) is 32.8 Å². The number of carbonyl (C=O) groups excluding carboxylic acids is 1. The number of anilines is 1. The summed E-state index contributed by atoms with van der Waals surface area (Å²) in [7, 11) is 3.38. The predicted molar refractivity (Wildman–Crippen MR) is 69.9 cm³/mol. The number of hydrogen-bond donors (Lipinski definition) is 0. The molecule has 0 aliphatic heterocycles. The molecule has 2 amide bonds. The van der Waals surface area contributed by atoms with Crippen LogP contribution in [0.2, 0.25) is 0 Å². The fraction of sp³-hybridized carbons (Fsp3) is 0.417. The number of amides is 2. The molecule has 0 N–H and O–H groups in total. The van der Waals surface area contributed by atoms with Crippen LogP contribution in [-0.2, 0) is 0 Å². The Bertz CT molecular complexity index is 365. The minimum atomic E-state index is -0.149. The third kappa shape index (κ3) is 3.53. The first-order valence-electron chi connectivity index (χ1n) is 5.37. The van der Waals surface area contributed by atoms with Crippen molar-refractivity contribution in [3.05, 3.63) is 24.3 Å². The molecule has 0 spiro atoms. The lowest BCUT2D eigenvalue weighted by molar-refractivity contribution is 0.225. The first-order chi connectivity index (χ1) is 8.10. The van der Waals surface area contributed by atoms with E-state index in [9.17, 15) is 4.79 Å². The molecule has 0 aromatic heterocycles. The molecule has 4 nitrogen and oxygen atoms in total. The number of nitrogens with zero attached hydrogens (tertiary/aromatic N) is 2. The van der Waals surface area contributed by atoms with E-state index < -0.39 is 0 Å². The van der Waals surface area contributed by atoms with E-state index in [0.717, 1.165) is 11.4 Å². The molecule has 0 radical (unpaired) electrons. The number of alkyl halides is 1. The molecular weight excluding hydrogens is 240 g/mol. The maximum atomic E-state index is 11.8. The Balaban J connectivity index is 2.86. The van der Waals surface area contributed by atoms with Crippen molar-refractivity contribution >= 4 is 23.3 Å². The summed E-state index contributed by atoms with van der Waals surface area (Å²) in [4.78, 5) is 14.8. The van der Waals surface area contributed by atoms with Crippen molar-refractivity contribution in [2.45, 2.75) is 6.92 Å². The molecule has 1 aromatic rings. The standard InChI is InChI=1S/C12H17ClN2O2/c1-4-17-11-7-5-10(6-8-11)15(9-13)12(16)14(2)3/h5-8H,4,9H2,1-3H3. The van der Waals surface area contributed by atoms with Gasteiger partial charge in [0, 0.05) is 19.8 Å². The third-order valence-corrected chi connectivity index (χ3v) is 2.43. The highest BCUT2D eigenvalue weighted by atomic mass is 35.5. The lowest BCUT2D eigenvalue weighted by Crippen LogP contribution is -2.38. The van der Waals surface area contributed by atoms with Crippen molar-refractivity contribution in [3.63, 3.8) is 0 Å². The number of carbonyl (C=O) groups is 1. The van der Waals surface area contributed by atoms with E-state index in [1.54, 1.807) is 14.1 Å². The quantitative estimate of drug-likeness (QED) is 0.613. The number of halogens is 1. The van der Waals surface area contributed by atoms with Crippen LogP contribution in [0, 0.1) is 0 Å². The summed E-state index contributed by atoms with van der Waals surface area (Å²) < 4.78 is 5.34. The summed E-state index contributed by atoms with van der Waals surface area (Å²) in [6.07, 6.45) is 0. The molecule has 0 fully saturated rings. The Hall–Kier alpha value is -1.42. The minimum Gasteiger partial charge on any atom is -0.494 e. The van der Waals surface area contributed by atoms with E-state index in [0.29, 0.717) is 6.61 Å². The van der Waals surface area contributed by atoms with Gasteiger partial charge in [0.1, 0.15) is 11.8 Å². The molecule has 0 unspecified atom stereocenters. The van der Waals surface area contributed by atoms with Gasteiger partial charge in [-0.3, -0.25) is 4.90 Å². The monoisotopic (exact) mass is 256 g/mol. The predicted octanol–water partition coefficient (Wildman–Crippen LogP) is 2.77. The molecule has 0 aliphatic carbocycles. The zero-order valence-corrected chi connectivity index (χ0v) is 11.1. The van der Waals surface area contributed by atoms with E-state index in [1.807, 2.05) is 31.2 Å². The van der Waals surface area contributed by atoms with Gasteiger partial charge in [-0.2, -0.15) is 0 Å². The SMILES string of the molecule is CCOc1ccc(N(CCl)C(=O)N(C)C)cc1. The number of urea groups is 1. The summed E-state index contributed by atoms with van der Waals surface area (Å²) in [5.74, 6) is 0.781. The van der Waals surface area contributed by atoms with Crippen molar-refractivity contribution in [1.82, 2.24) is 4.90 Å². The van der Waals surface area contributed by atoms with Gasteiger partial charge in [0.15, 0.2) is 0 Å². The molecule has 0 aliphatic rings. The van der Waals surface area contributed by atoms with Gasteiger partial charge in [-0.05, 0) is 31.2 Å². The number of ether oxygens (including phenoxy) is 1. The fourth-order valence-electron chi connectivity index (χ4n) is 1.36. The largest absolute Gasteiger partial charge is 0.494 e. The van der Waals surface area contributed by atoms with Crippen molar-refractivity contribution in [2.24, 2.45) is 0 Å². The normalized spacial score (nSPS) is 9.88. The van der Waals surface area contributed by atoms with Crippen molar-refractivity contribution in [3.8, 4) is 5.75 Å². The average Bonchev–Trinajstić information content (AvgIpc) is 2.32. The molecular formula is C12H17ClN2O2. The van der Waals surface area contributed by atoms with Crippen LogP contribution < -0.4 is 9.64 Å². The van der Waals surface area contributed by atoms with Gasteiger partial charge >= 0.3 is 6.03 Å². The summed E-state index contributed by atoms with van der Waals surface area (Å²) in [6, 6.07) is 7.24. The highest BCUT2D eigenvalue weighted by Crippen LogP contribution is 2.20. The Morgan fingerprint density at radius 1 is 1.29 bits per heavy atom. The lowest BCUT2D eigenvalue weighted by Gasteiger charge is -2.23. The minimum absolute atomic E-state index is 0.116. The Morgan fingerprint density at radius 3 is 2.29 bits per heavy atom. The number of rotatable bonds is 4. The summed E-state index contributed by atoms with van der Waals surface area (Å²) >= 11 is 5.79. The van der Waals surface area contributed by atoms with Gasteiger partial charge in [-0.1, -0.05) is 0 Å². The van der Waals surface area contributed by atoms with E-state index in [1.165, 1.54) is 9.80 Å². The van der Waals surface area contributed by atoms with Gasteiger partial charge in [0.25, 0.3) is 0 Å². The molecule has 1 rings (SSSR count). The zero-order chi connectivity index (χ0) is 12.8. The van der Waals surface area contributed by atoms with Gasteiger partial charge in [0.05, 0.1) is 6.61 Å². The van der Waals surface area contributed by atoms with Gasteiger partial charge in [0.2, 0.25) is 0 Å². The second kappa shape index (κ2) is 6.35. The number of benzene rings is 1. The zero-order valence-electron chi connectivity index (χ0n) is 10.3. The third-order valence-electron chi connectivity index (χ3n) is 2.19. The number of hydrogen-bond acceptors (Lipinski definition) is 2. The summed E-state index contributed by atoms with van der Waals surface area (Å²) in [6.45, 7) is 2.55. The smallest absolute Gasteiger partial charge is 0.325 e. The van der Waals surface area contributed by atoms with Crippen LogP contribution in [0.15, 0.2) is 24.3 Å². The lowest BCUT2D eigenvalue weighted by atomic mass is 10.3. The molecule has 5 heteroatoms. The van der Waals surface area contributed by atoms with Crippen LogP contribution in [0.25, 0.3) is 0 Å². The first-order valence-corrected chi connectivity index (χ1v) is 5.91. The average molecular weight is 257 g/mol. The Morgan fingerprint density at radius 2 is 1.88 bits per heavy atom. The molecule has 0 heterocycles. The van der Waals surface area contributed by atoms with E-state index >= 15 is 0 Å². The van der Waals surface area contributed by atoms with Crippen LogP contribution in [0.5, 0.6) is 5.75 Å². The van der Waals surface area contributed by atoms with Crippen molar-refractivity contribution in [2.75, 3.05) is 31.6 Å². The molecule has 17 heavy (non-hydrogen) atoms. The van der Waals surface area contributed by atoms with Gasteiger partial charge in [-0.15, -0.1) is 11.6 Å². The molecule has 0 atom stereocenters.